The zero-order valence-electron chi connectivity index (χ0n) is 16.5. The van der Waals surface area contributed by atoms with Crippen LogP contribution in [0.25, 0.3) is 5.69 Å². The second kappa shape index (κ2) is 8.66. The van der Waals surface area contributed by atoms with Gasteiger partial charge in [0.2, 0.25) is 0 Å². The van der Waals surface area contributed by atoms with Gasteiger partial charge in [-0.15, -0.1) is 0 Å². The van der Waals surface area contributed by atoms with E-state index in [2.05, 4.69) is 4.98 Å². The average Bonchev–Trinajstić information content (AvgIpc) is 3.28. The van der Waals surface area contributed by atoms with Gasteiger partial charge in [0, 0.05) is 35.8 Å². The summed E-state index contributed by atoms with van der Waals surface area (Å²) in [7, 11) is 1.60. The minimum atomic E-state index is -0.681. The van der Waals surface area contributed by atoms with E-state index in [1.54, 1.807) is 31.6 Å². The summed E-state index contributed by atoms with van der Waals surface area (Å²) < 4.78 is 26.8. The van der Waals surface area contributed by atoms with Gasteiger partial charge in [0.1, 0.15) is 17.3 Å². The number of benzene rings is 3. The molecule has 1 unspecified atom stereocenters. The predicted molar refractivity (Wildman–Crippen MR) is 112 cm³/mol. The van der Waals surface area contributed by atoms with Crippen LogP contribution in [0.5, 0.6) is 11.5 Å². The zero-order valence-corrected chi connectivity index (χ0v) is 16.5. The van der Waals surface area contributed by atoms with E-state index in [0.717, 1.165) is 11.4 Å². The SMILES string of the molecule is COc1ccc(-n2ccnc2C(Oc2ccc([N+](=O)[O-])cc2)c2ccc(F)cc2)cc1. The second-order valence-electron chi connectivity index (χ2n) is 6.65. The van der Waals surface area contributed by atoms with Gasteiger partial charge < -0.3 is 14.0 Å². The fraction of sp³-hybridized carbons (Fsp3) is 0.0870. The number of hydrogen-bond donors (Lipinski definition) is 0. The van der Waals surface area contributed by atoms with Crippen LogP contribution in [0, 0.1) is 15.9 Å². The standard InChI is InChI=1S/C23H18FN3O4/c1-30-20-10-6-18(7-11-20)26-15-14-25-23(26)22(16-2-4-17(24)5-3-16)31-21-12-8-19(9-13-21)27(28)29/h2-15,22H,1H3. The van der Waals surface area contributed by atoms with E-state index < -0.39 is 11.0 Å². The molecule has 0 aliphatic carbocycles. The quantitative estimate of drug-likeness (QED) is 0.308. The molecule has 0 N–H and O–H groups in total. The number of hydrogen-bond acceptors (Lipinski definition) is 5. The fourth-order valence-corrected chi connectivity index (χ4v) is 3.16. The molecule has 0 amide bonds. The van der Waals surface area contributed by atoms with Crippen LogP contribution in [0.15, 0.2) is 85.2 Å². The van der Waals surface area contributed by atoms with Gasteiger partial charge >= 0.3 is 0 Å². The number of imidazole rings is 1. The molecule has 156 valence electrons. The highest BCUT2D eigenvalue weighted by atomic mass is 19.1. The highest BCUT2D eigenvalue weighted by Crippen LogP contribution is 2.30. The molecule has 8 heteroatoms. The summed E-state index contributed by atoms with van der Waals surface area (Å²) in [6.07, 6.45) is 2.77. The summed E-state index contributed by atoms with van der Waals surface area (Å²) in [6, 6.07) is 19.2. The van der Waals surface area contributed by atoms with Crippen molar-refractivity contribution in [1.29, 1.82) is 0 Å². The largest absolute Gasteiger partial charge is 0.497 e. The molecule has 3 aromatic carbocycles. The van der Waals surface area contributed by atoms with Crippen molar-refractivity contribution in [2.45, 2.75) is 6.10 Å². The third-order valence-corrected chi connectivity index (χ3v) is 4.73. The van der Waals surface area contributed by atoms with Crippen molar-refractivity contribution in [3.8, 4) is 17.2 Å². The summed E-state index contributed by atoms with van der Waals surface area (Å²) in [5, 5.41) is 10.9. The zero-order chi connectivity index (χ0) is 21.8. The minimum Gasteiger partial charge on any atom is -0.497 e. The number of nitrogens with zero attached hydrogens (tertiary/aromatic N) is 3. The molecule has 0 bridgehead atoms. The lowest BCUT2D eigenvalue weighted by atomic mass is 10.1. The summed E-state index contributed by atoms with van der Waals surface area (Å²) in [5.41, 5.74) is 1.49. The lowest BCUT2D eigenvalue weighted by Gasteiger charge is -2.21. The van der Waals surface area contributed by atoms with E-state index >= 15 is 0 Å². The molecule has 1 aromatic heterocycles. The number of nitro benzene ring substituents is 1. The van der Waals surface area contributed by atoms with Crippen LogP contribution < -0.4 is 9.47 Å². The molecule has 1 heterocycles. The normalized spacial score (nSPS) is 11.7. The van der Waals surface area contributed by atoms with E-state index in [-0.39, 0.29) is 11.5 Å². The van der Waals surface area contributed by atoms with Crippen molar-refractivity contribution in [2.75, 3.05) is 7.11 Å². The van der Waals surface area contributed by atoms with Crippen molar-refractivity contribution in [2.24, 2.45) is 0 Å². The Morgan fingerprint density at radius 2 is 1.61 bits per heavy atom. The lowest BCUT2D eigenvalue weighted by molar-refractivity contribution is -0.384. The first-order valence-electron chi connectivity index (χ1n) is 9.39. The molecule has 0 saturated carbocycles. The van der Waals surface area contributed by atoms with E-state index in [1.165, 1.54) is 36.4 Å². The number of rotatable bonds is 7. The second-order valence-corrected chi connectivity index (χ2v) is 6.65. The molecule has 0 fully saturated rings. The van der Waals surface area contributed by atoms with Crippen molar-refractivity contribution in [3.05, 3.63) is 113 Å². The molecule has 4 aromatic rings. The Morgan fingerprint density at radius 1 is 0.968 bits per heavy atom. The summed E-state index contributed by atoms with van der Waals surface area (Å²) >= 11 is 0. The van der Waals surface area contributed by atoms with Crippen LogP contribution in [-0.4, -0.2) is 21.6 Å². The first-order valence-corrected chi connectivity index (χ1v) is 9.39. The third-order valence-electron chi connectivity index (χ3n) is 4.73. The topological polar surface area (TPSA) is 79.4 Å². The van der Waals surface area contributed by atoms with E-state index in [9.17, 15) is 14.5 Å². The molecule has 0 radical (unpaired) electrons. The molecule has 31 heavy (non-hydrogen) atoms. The first-order chi connectivity index (χ1) is 15.0. The van der Waals surface area contributed by atoms with Gasteiger partial charge in [-0.25, -0.2) is 9.37 Å². The van der Waals surface area contributed by atoms with Gasteiger partial charge in [-0.2, -0.15) is 0 Å². The summed E-state index contributed by atoms with van der Waals surface area (Å²) in [6.45, 7) is 0. The van der Waals surface area contributed by atoms with E-state index in [0.29, 0.717) is 17.1 Å². The maximum Gasteiger partial charge on any atom is 0.269 e. The van der Waals surface area contributed by atoms with Crippen LogP contribution >= 0.6 is 0 Å². The Morgan fingerprint density at radius 3 is 2.23 bits per heavy atom. The molecule has 0 aliphatic heterocycles. The highest BCUT2D eigenvalue weighted by molar-refractivity contribution is 5.41. The van der Waals surface area contributed by atoms with Crippen LogP contribution in [0.1, 0.15) is 17.5 Å². The molecule has 0 spiro atoms. The van der Waals surface area contributed by atoms with Crippen LogP contribution in [0.2, 0.25) is 0 Å². The molecule has 1 atom stereocenters. The summed E-state index contributed by atoms with van der Waals surface area (Å²) in [4.78, 5) is 14.9. The van der Waals surface area contributed by atoms with Gasteiger partial charge in [-0.1, -0.05) is 12.1 Å². The molecular formula is C23H18FN3O4. The van der Waals surface area contributed by atoms with E-state index in [1.807, 2.05) is 28.8 Å². The number of methoxy groups -OCH3 is 1. The molecular weight excluding hydrogens is 401 g/mol. The van der Waals surface area contributed by atoms with Gasteiger partial charge in [0.05, 0.1) is 12.0 Å². The third kappa shape index (κ3) is 4.37. The minimum absolute atomic E-state index is 0.0367. The highest BCUT2D eigenvalue weighted by Gasteiger charge is 2.23. The smallest absolute Gasteiger partial charge is 0.269 e. The lowest BCUT2D eigenvalue weighted by Crippen LogP contribution is -2.15. The van der Waals surface area contributed by atoms with Gasteiger partial charge in [0.25, 0.3) is 5.69 Å². The number of aromatic nitrogens is 2. The van der Waals surface area contributed by atoms with Crippen molar-refractivity contribution < 1.29 is 18.8 Å². The maximum absolute atomic E-state index is 13.5. The monoisotopic (exact) mass is 419 g/mol. The van der Waals surface area contributed by atoms with Crippen molar-refractivity contribution >= 4 is 5.69 Å². The van der Waals surface area contributed by atoms with Gasteiger partial charge in [0.15, 0.2) is 11.9 Å². The summed E-state index contributed by atoms with van der Waals surface area (Å²) in [5.74, 6) is 1.35. The number of halogens is 1. The fourth-order valence-electron chi connectivity index (χ4n) is 3.16. The van der Waals surface area contributed by atoms with Gasteiger partial charge in [-0.3, -0.25) is 10.1 Å². The maximum atomic E-state index is 13.5. The Kier molecular flexibility index (Phi) is 5.61. The average molecular weight is 419 g/mol. The molecule has 0 aliphatic rings. The van der Waals surface area contributed by atoms with Crippen LogP contribution in [0.4, 0.5) is 10.1 Å². The van der Waals surface area contributed by atoms with E-state index in [4.69, 9.17) is 9.47 Å². The Balaban J connectivity index is 1.74. The Bertz CT molecular complexity index is 1170. The predicted octanol–water partition coefficient (Wildman–Crippen LogP) is 5.10. The Hall–Kier alpha value is -4.20. The van der Waals surface area contributed by atoms with Crippen LogP contribution in [0.3, 0.4) is 0 Å². The number of ether oxygens (including phenoxy) is 2. The molecule has 7 nitrogen and oxygen atoms in total. The molecule has 0 saturated heterocycles. The molecule has 4 rings (SSSR count). The van der Waals surface area contributed by atoms with Crippen molar-refractivity contribution in [1.82, 2.24) is 9.55 Å². The van der Waals surface area contributed by atoms with Gasteiger partial charge in [-0.05, 0) is 48.5 Å². The number of nitro groups is 1. The Labute approximate surface area is 177 Å². The number of non-ortho nitro benzene ring substituents is 1. The van der Waals surface area contributed by atoms with Crippen LogP contribution in [-0.2, 0) is 0 Å². The first kappa shape index (κ1) is 20.1. The van der Waals surface area contributed by atoms with Crippen molar-refractivity contribution in [3.63, 3.8) is 0 Å².